The van der Waals surface area contributed by atoms with Gasteiger partial charge in [-0.25, -0.2) is 9.97 Å². The number of hydrogen-bond donors (Lipinski definition) is 1. The lowest BCUT2D eigenvalue weighted by Gasteiger charge is -2.16. The van der Waals surface area contributed by atoms with Crippen LogP contribution in [0.4, 0.5) is 10.8 Å². The highest BCUT2D eigenvalue weighted by Gasteiger charge is 2.42. The molecule has 5 aromatic rings. The van der Waals surface area contributed by atoms with E-state index in [-0.39, 0.29) is 11.8 Å². The number of imidazole rings is 1. The predicted octanol–water partition coefficient (Wildman–Crippen LogP) is 5.63. The average molecular weight is 494 g/mol. The second-order valence-electron chi connectivity index (χ2n) is 9.39. The number of hydrogen-bond acceptors (Lipinski definition) is 5. The maximum atomic E-state index is 13.0. The zero-order valence-corrected chi connectivity index (χ0v) is 20.8. The first-order valence-electron chi connectivity index (χ1n) is 11.6. The molecule has 3 aromatic heterocycles. The number of benzene rings is 2. The molecule has 0 bridgehead atoms. The minimum Gasteiger partial charge on any atom is -0.314 e. The Bertz CT molecular complexity index is 1650. The summed E-state index contributed by atoms with van der Waals surface area (Å²) in [4.78, 5) is 36.6. The fourth-order valence-corrected chi connectivity index (χ4v) is 5.35. The minimum absolute atomic E-state index is 0.0752. The highest BCUT2D eigenvalue weighted by atomic mass is 32.1. The minimum atomic E-state index is -0.584. The summed E-state index contributed by atoms with van der Waals surface area (Å²) in [6, 6.07) is 19.4. The molecule has 178 valence electrons. The van der Waals surface area contributed by atoms with Crippen LogP contribution in [-0.2, 0) is 10.2 Å². The Hall–Kier alpha value is -4.30. The molecule has 0 unspecified atom stereocenters. The Morgan fingerprint density at radius 3 is 2.58 bits per heavy atom. The molecule has 36 heavy (non-hydrogen) atoms. The number of carbonyl (C=O) groups excluding carboxylic acids is 2. The number of thiazole rings is 1. The van der Waals surface area contributed by atoms with Crippen molar-refractivity contribution in [2.45, 2.75) is 19.3 Å². The number of nitrogens with zero attached hydrogens (tertiary/aromatic N) is 4. The van der Waals surface area contributed by atoms with Gasteiger partial charge in [0.05, 0.1) is 16.8 Å². The molecular weight excluding hydrogens is 470 g/mol. The molecule has 1 N–H and O–H groups in total. The third-order valence-electron chi connectivity index (χ3n) is 6.68. The number of fused-ring (bicyclic) bond motifs is 2. The van der Waals surface area contributed by atoms with Crippen LogP contribution in [0.1, 0.15) is 29.8 Å². The molecule has 0 saturated carbocycles. The van der Waals surface area contributed by atoms with Gasteiger partial charge in [-0.15, -0.1) is 11.3 Å². The van der Waals surface area contributed by atoms with E-state index in [4.69, 9.17) is 0 Å². The Morgan fingerprint density at radius 2 is 1.78 bits per heavy atom. The van der Waals surface area contributed by atoms with Gasteiger partial charge in [0, 0.05) is 47.2 Å². The third kappa shape index (κ3) is 3.58. The summed E-state index contributed by atoms with van der Waals surface area (Å²) < 4.78 is 1.90. The number of carbonyl (C=O) groups is 2. The summed E-state index contributed by atoms with van der Waals surface area (Å²) >= 11 is 1.37. The number of anilines is 2. The van der Waals surface area contributed by atoms with E-state index in [1.807, 2.05) is 84.6 Å². The van der Waals surface area contributed by atoms with Gasteiger partial charge in [-0.05, 0) is 43.7 Å². The van der Waals surface area contributed by atoms with Crippen molar-refractivity contribution in [1.82, 2.24) is 14.4 Å². The fraction of sp³-hybridized carbons (Fsp3) is 0.143. The molecular formula is C28H23N5O2S. The van der Waals surface area contributed by atoms with Crippen molar-refractivity contribution in [1.29, 1.82) is 0 Å². The van der Waals surface area contributed by atoms with Gasteiger partial charge < -0.3 is 9.30 Å². The zero-order valence-electron chi connectivity index (χ0n) is 20.0. The van der Waals surface area contributed by atoms with Crippen LogP contribution < -0.4 is 10.2 Å². The standard InChI is InChI=1S/C28H23N5O2S/c1-28(2)20-13-18(9-10-23(20)32(3)26(28)35)22-16-36-27(30-22)31-25(34)19-11-12-33-15-21(29-24(33)14-19)17-7-5-4-6-8-17/h4-16H,1-3H3,(H,30,31,34). The van der Waals surface area contributed by atoms with Gasteiger partial charge in [0.25, 0.3) is 5.91 Å². The summed E-state index contributed by atoms with van der Waals surface area (Å²) in [5, 5.41) is 5.33. The van der Waals surface area contributed by atoms with Crippen molar-refractivity contribution < 1.29 is 9.59 Å². The Morgan fingerprint density at radius 1 is 0.972 bits per heavy atom. The molecule has 0 saturated heterocycles. The maximum Gasteiger partial charge on any atom is 0.257 e. The number of amides is 2. The smallest absolute Gasteiger partial charge is 0.257 e. The molecule has 0 aliphatic carbocycles. The first-order chi connectivity index (χ1) is 17.3. The van der Waals surface area contributed by atoms with Gasteiger partial charge in [-0.2, -0.15) is 0 Å². The molecule has 0 radical (unpaired) electrons. The molecule has 0 spiro atoms. The first kappa shape index (κ1) is 22.2. The molecule has 2 amide bonds. The maximum absolute atomic E-state index is 13.0. The van der Waals surface area contributed by atoms with Crippen LogP contribution in [0.15, 0.2) is 78.4 Å². The Labute approximate surface area is 212 Å². The molecule has 0 atom stereocenters. The largest absolute Gasteiger partial charge is 0.314 e. The topological polar surface area (TPSA) is 79.6 Å². The van der Waals surface area contributed by atoms with Crippen molar-refractivity contribution in [2.75, 3.05) is 17.3 Å². The lowest BCUT2D eigenvalue weighted by molar-refractivity contribution is -0.121. The van der Waals surface area contributed by atoms with Crippen molar-refractivity contribution in [3.63, 3.8) is 0 Å². The molecule has 0 fully saturated rings. The number of rotatable bonds is 4. The first-order valence-corrected chi connectivity index (χ1v) is 12.4. The molecule has 4 heterocycles. The number of aromatic nitrogens is 3. The molecule has 8 heteroatoms. The summed E-state index contributed by atoms with van der Waals surface area (Å²) in [6.07, 6.45) is 3.78. The van der Waals surface area contributed by atoms with E-state index >= 15 is 0 Å². The van der Waals surface area contributed by atoms with Crippen LogP contribution in [0.3, 0.4) is 0 Å². The van der Waals surface area contributed by atoms with Gasteiger partial charge in [-0.3, -0.25) is 14.9 Å². The van der Waals surface area contributed by atoms with Crippen molar-refractivity contribution >= 4 is 39.6 Å². The second kappa shape index (κ2) is 8.13. The number of nitrogens with one attached hydrogen (secondary N) is 1. The molecule has 2 aromatic carbocycles. The van der Waals surface area contributed by atoms with Crippen molar-refractivity contribution in [3.05, 3.63) is 89.6 Å². The van der Waals surface area contributed by atoms with E-state index in [1.165, 1.54) is 11.3 Å². The number of pyridine rings is 1. The molecule has 7 nitrogen and oxygen atoms in total. The summed E-state index contributed by atoms with van der Waals surface area (Å²) in [6.45, 7) is 3.88. The van der Waals surface area contributed by atoms with E-state index in [0.717, 1.165) is 33.8 Å². The van der Waals surface area contributed by atoms with Crippen LogP contribution in [0.5, 0.6) is 0 Å². The van der Waals surface area contributed by atoms with E-state index in [9.17, 15) is 9.59 Å². The van der Waals surface area contributed by atoms with Crippen molar-refractivity contribution in [3.8, 4) is 22.5 Å². The van der Waals surface area contributed by atoms with Gasteiger partial charge in [0.15, 0.2) is 5.13 Å². The molecule has 6 rings (SSSR count). The second-order valence-corrected chi connectivity index (χ2v) is 10.2. The normalized spacial score (nSPS) is 14.3. The summed E-state index contributed by atoms with van der Waals surface area (Å²) in [7, 11) is 1.80. The summed E-state index contributed by atoms with van der Waals surface area (Å²) in [5.74, 6) is -0.170. The Kier molecular flexibility index (Phi) is 5.01. The predicted molar refractivity (Wildman–Crippen MR) is 143 cm³/mol. The highest BCUT2D eigenvalue weighted by Crippen LogP contribution is 2.42. The monoisotopic (exact) mass is 493 g/mol. The Balaban J connectivity index is 1.23. The van der Waals surface area contributed by atoms with Crippen molar-refractivity contribution in [2.24, 2.45) is 0 Å². The van der Waals surface area contributed by atoms with Gasteiger partial charge in [0.2, 0.25) is 5.91 Å². The van der Waals surface area contributed by atoms with Gasteiger partial charge in [0.1, 0.15) is 5.65 Å². The van der Waals surface area contributed by atoms with Crippen LogP contribution in [0, 0.1) is 0 Å². The van der Waals surface area contributed by atoms with E-state index < -0.39 is 5.41 Å². The van der Waals surface area contributed by atoms with E-state index in [2.05, 4.69) is 15.3 Å². The lowest BCUT2D eigenvalue weighted by Crippen LogP contribution is -2.33. The van der Waals surface area contributed by atoms with Crippen LogP contribution in [0.25, 0.3) is 28.2 Å². The molecule has 1 aliphatic rings. The van der Waals surface area contributed by atoms with E-state index in [0.29, 0.717) is 16.3 Å². The van der Waals surface area contributed by atoms with Crippen LogP contribution in [0.2, 0.25) is 0 Å². The van der Waals surface area contributed by atoms with Gasteiger partial charge in [-0.1, -0.05) is 36.4 Å². The average Bonchev–Trinajstić information content (AvgIpc) is 3.58. The quantitative estimate of drug-likeness (QED) is 0.352. The highest BCUT2D eigenvalue weighted by molar-refractivity contribution is 7.14. The van der Waals surface area contributed by atoms with E-state index in [1.54, 1.807) is 24.1 Å². The summed E-state index contributed by atoms with van der Waals surface area (Å²) in [5.41, 5.74) is 6.06. The zero-order chi connectivity index (χ0) is 25.0. The molecule has 1 aliphatic heterocycles. The lowest BCUT2D eigenvalue weighted by atomic mass is 9.85. The number of likely N-dealkylation sites (N-methyl/N-ethyl adjacent to an activating group) is 1. The van der Waals surface area contributed by atoms with Crippen LogP contribution >= 0.6 is 11.3 Å². The SMILES string of the molecule is CN1C(=O)C(C)(C)c2cc(-c3csc(NC(=O)c4ccn5cc(-c6ccccc6)nc5c4)n3)ccc21. The third-order valence-corrected chi connectivity index (χ3v) is 7.44. The fourth-order valence-electron chi connectivity index (χ4n) is 4.64. The van der Waals surface area contributed by atoms with Crippen LogP contribution in [-0.4, -0.2) is 33.2 Å². The van der Waals surface area contributed by atoms with Gasteiger partial charge >= 0.3 is 0 Å².